The number of urea groups is 1. The highest BCUT2D eigenvalue weighted by Crippen LogP contribution is 2.12. The zero-order valence-electron chi connectivity index (χ0n) is 18.9. The van der Waals surface area contributed by atoms with Crippen LogP contribution >= 0.6 is 0 Å². The predicted molar refractivity (Wildman–Crippen MR) is 125 cm³/mol. The number of carbonyl (C=O) groups is 2. The van der Waals surface area contributed by atoms with Gasteiger partial charge in [0.25, 0.3) is 11.5 Å². The molecule has 1 aromatic carbocycles. The minimum Gasteiger partial charge on any atom is -0.336 e. The third-order valence-electron chi connectivity index (χ3n) is 5.64. The van der Waals surface area contributed by atoms with Crippen LogP contribution < -0.4 is 10.9 Å². The summed E-state index contributed by atoms with van der Waals surface area (Å²) in [6.07, 6.45) is 2.25. The van der Waals surface area contributed by atoms with Gasteiger partial charge in [-0.1, -0.05) is 30.3 Å². The number of hydrogen-bond acceptors (Lipinski definition) is 5. The molecule has 0 bridgehead atoms. The number of nitrogens with one attached hydrogen (secondary N) is 1. The molecule has 4 rings (SSSR count). The van der Waals surface area contributed by atoms with E-state index in [1.165, 1.54) is 4.57 Å². The molecule has 0 spiro atoms. The molecule has 1 saturated heterocycles. The molecule has 9 heteroatoms. The lowest BCUT2D eigenvalue weighted by molar-refractivity contribution is 0.0656. The van der Waals surface area contributed by atoms with Gasteiger partial charge in [0.2, 0.25) is 0 Å². The lowest BCUT2D eigenvalue weighted by Gasteiger charge is -2.34. The van der Waals surface area contributed by atoms with Crippen LogP contribution in [0.25, 0.3) is 11.2 Å². The van der Waals surface area contributed by atoms with Crippen molar-refractivity contribution in [3.05, 3.63) is 70.3 Å². The second-order valence-electron chi connectivity index (χ2n) is 8.38. The monoisotopic (exact) mass is 448 g/mol. The molecule has 1 N–H and O–H groups in total. The molecule has 1 fully saturated rings. The number of amides is 3. The van der Waals surface area contributed by atoms with E-state index in [4.69, 9.17) is 0 Å². The Labute approximate surface area is 192 Å². The third-order valence-corrected chi connectivity index (χ3v) is 5.64. The van der Waals surface area contributed by atoms with Gasteiger partial charge in [-0.05, 0) is 38.0 Å². The standard InChI is InChI=1S/C24H28N6O3/c1-17(2)26-24(33)29-15-13-28(14-16-29)22(31)20-23(32)30(12-10-18-7-4-3-5-8-18)21-19(27-20)9-6-11-25-21/h3-9,11,17H,10,12-16H2,1-2H3,(H,26,33). The summed E-state index contributed by atoms with van der Waals surface area (Å²) in [7, 11) is 0. The number of carbonyl (C=O) groups excluding carboxylic acids is 2. The van der Waals surface area contributed by atoms with Crippen molar-refractivity contribution < 1.29 is 9.59 Å². The Morgan fingerprint density at radius 2 is 1.70 bits per heavy atom. The van der Waals surface area contributed by atoms with E-state index >= 15 is 0 Å². The quantitative estimate of drug-likeness (QED) is 0.643. The van der Waals surface area contributed by atoms with Gasteiger partial charge in [0.15, 0.2) is 11.3 Å². The molecule has 172 valence electrons. The van der Waals surface area contributed by atoms with Crippen molar-refractivity contribution in [1.29, 1.82) is 0 Å². The predicted octanol–water partition coefficient (Wildman–Crippen LogP) is 1.91. The molecule has 33 heavy (non-hydrogen) atoms. The number of pyridine rings is 1. The van der Waals surface area contributed by atoms with E-state index in [-0.39, 0.29) is 17.8 Å². The fourth-order valence-electron chi connectivity index (χ4n) is 3.91. The summed E-state index contributed by atoms with van der Waals surface area (Å²) < 4.78 is 1.54. The lowest BCUT2D eigenvalue weighted by Crippen LogP contribution is -2.54. The van der Waals surface area contributed by atoms with E-state index in [2.05, 4.69) is 15.3 Å². The van der Waals surface area contributed by atoms with Crippen molar-refractivity contribution in [2.24, 2.45) is 0 Å². The van der Waals surface area contributed by atoms with Crippen LogP contribution in [0, 0.1) is 0 Å². The summed E-state index contributed by atoms with van der Waals surface area (Å²) in [5.74, 6) is -0.414. The fourth-order valence-corrected chi connectivity index (χ4v) is 3.91. The van der Waals surface area contributed by atoms with Crippen LogP contribution in [-0.4, -0.2) is 68.5 Å². The van der Waals surface area contributed by atoms with Gasteiger partial charge in [-0.25, -0.2) is 14.8 Å². The first kappa shape index (κ1) is 22.4. The highest BCUT2D eigenvalue weighted by molar-refractivity contribution is 5.93. The SMILES string of the molecule is CC(C)NC(=O)N1CCN(C(=O)c2nc3cccnc3n(CCc3ccccc3)c2=O)CC1. The van der Waals surface area contributed by atoms with Gasteiger partial charge < -0.3 is 15.1 Å². The zero-order valence-corrected chi connectivity index (χ0v) is 18.9. The van der Waals surface area contributed by atoms with Crippen LogP contribution in [-0.2, 0) is 13.0 Å². The minimum absolute atomic E-state index is 0.0434. The van der Waals surface area contributed by atoms with Crippen LogP contribution in [0.4, 0.5) is 4.79 Å². The van der Waals surface area contributed by atoms with Gasteiger partial charge in [-0.15, -0.1) is 0 Å². The van der Waals surface area contributed by atoms with E-state index in [0.717, 1.165) is 5.56 Å². The molecule has 9 nitrogen and oxygen atoms in total. The summed E-state index contributed by atoms with van der Waals surface area (Å²) in [4.78, 5) is 50.8. The number of aryl methyl sites for hydroxylation is 2. The number of piperazine rings is 1. The highest BCUT2D eigenvalue weighted by Gasteiger charge is 2.28. The maximum absolute atomic E-state index is 13.3. The topological polar surface area (TPSA) is 100 Å². The molecular formula is C24H28N6O3. The van der Waals surface area contributed by atoms with E-state index in [1.54, 1.807) is 28.1 Å². The maximum Gasteiger partial charge on any atom is 0.317 e. The molecule has 0 atom stereocenters. The van der Waals surface area contributed by atoms with Crippen LogP contribution in [0.5, 0.6) is 0 Å². The molecule has 1 aliphatic rings. The molecule has 3 amide bonds. The number of benzene rings is 1. The third kappa shape index (κ3) is 5.02. The number of nitrogens with zero attached hydrogens (tertiary/aromatic N) is 5. The largest absolute Gasteiger partial charge is 0.336 e. The average molecular weight is 449 g/mol. The Hall–Kier alpha value is -3.75. The second kappa shape index (κ2) is 9.81. The van der Waals surface area contributed by atoms with Gasteiger partial charge in [0.1, 0.15) is 5.52 Å². The van der Waals surface area contributed by atoms with E-state index in [0.29, 0.717) is 50.3 Å². The van der Waals surface area contributed by atoms with Crippen molar-refractivity contribution in [3.63, 3.8) is 0 Å². The summed E-state index contributed by atoms with van der Waals surface area (Å²) in [6, 6.07) is 13.3. The first-order valence-corrected chi connectivity index (χ1v) is 11.2. The Morgan fingerprint density at radius 3 is 2.39 bits per heavy atom. The van der Waals surface area contributed by atoms with Gasteiger partial charge in [0.05, 0.1) is 0 Å². The van der Waals surface area contributed by atoms with E-state index < -0.39 is 11.5 Å². The summed E-state index contributed by atoms with van der Waals surface area (Å²) in [5, 5.41) is 2.86. The van der Waals surface area contributed by atoms with Gasteiger partial charge in [0, 0.05) is 45.0 Å². The van der Waals surface area contributed by atoms with E-state index in [1.807, 2.05) is 44.2 Å². The van der Waals surface area contributed by atoms with Crippen LogP contribution in [0.15, 0.2) is 53.5 Å². The molecule has 3 aromatic rings. The first-order valence-electron chi connectivity index (χ1n) is 11.2. The number of rotatable bonds is 5. The van der Waals surface area contributed by atoms with Crippen molar-refractivity contribution in [1.82, 2.24) is 29.7 Å². The Bertz CT molecular complexity index is 1200. The minimum atomic E-state index is -0.442. The lowest BCUT2D eigenvalue weighted by atomic mass is 10.1. The Kier molecular flexibility index (Phi) is 6.67. The Morgan fingerprint density at radius 1 is 1.00 bits per heavy atom. The molecule has 0 saturated carbocycles. The fraction of sp³-hybridized carbons (Fsp3) is 0.375. The smallest absolute Gasteiger partial charge is 0.317 e. The molecule has 0 unspecified atom stereocenters. The number of aromatic nitrogens is 3. The van der Waals surface area contributed by atoms with E-state index in [9.17, 15) is 14.4 Å². The van der Waals surface area contributed by atoms with Crippen LogP contribution in [0.3, 0.4) is 0 Å². The normalized spacial score (nSPS) is 14.0. The van der Waals surface area contributed by atoms with Gasteiger partial charge in [-0.3, -0.25) is 14.2 Å². The van der Waals surface area contributed by atoms with Crippen LogP contribution in [0.2, 0.25) is 0 Å². The van der Waals surface area contributed by atoms with Crippen molar-refractivity contribution >= 4 is 23.1 Å². The van der Waals surface area contributed by atoms with Gasteiger partial charge >= 0.3 is 6.03 Å². The Balaban J connectivity index is 1.56. The van der Waals surface area contributed by atoms with Gasteiger partial charge in [-0.2, -0.15) is 0 Å². The van der Waals surface area contributed by atoms with Crippen LogP contribution in [0.1, 0.15) is 29.9 Å². The highest BCUT2D eigenvalue weighted by atomic mass is 16.2. The summed E-state index contributed by atoms with van der Waals surface area (Å²) in [5.41, 5.74) is 1.51. The molecule has 0 radical (unpaired) electrons. The van der Waals surface area contributed by atoms with Crippen molar-refractivity contribution in [2.45, 2.75) is 32.9 Å². The molecule has 2 aromatic heterocycles. The average Bonchev–Trinajstić information content (AvgIpc) is 2.83. The summed E-state index contributed by atoms with van der Waals surface area (Å²) in [6.45, 7) is 5.70. The summed E-state index contributed by atoms with van der Waals surface area (Å²) >= 11 is 0. The zero-order chi connectivity index (χ0) is 23.4. The molecule has 3 heterocycles. The number of fused-ring (bicyclic) bond motifs is 1. The number of hydrogen-bond donors (Lipinski definition) is 1. The van der Waals surface area contributed by atoms with Crippen molar-refractivity contribution in [2.75, 3.05) is 26.2 Å². The molecular weight excluding hydrogens is 420 g/mol. The van der Waals surface area contributed by atoms with Crippen molar-refractivity contribution in [3.8, 4) is 0 Å². The first-order chi connectivity index (χ1) is 15.9. The maximum atomic E-state index is 13.3. The second-order valence-corrected chi connectivity index (χ2v) is 8.38. The molecule has 1 aliphatic heterocycles. The molecule has 0 aliphatic carbocycles.